The zero-order chi connectivity index (χ0) is 8.59. The molecule has 42 valence electrons. The Morgan fingerprint density at radius 3 is 3.38 bits per heavy atom. The predicted molar refractivity (Wildman–Crippen MR) is 36.9 cm³/mol. The number of hydrogen-bond acceptors (Lipinski definition) is 1. The van der Waals surface area contributed by atoms with Crippen LogP contribution in [-0.4, -0.2) is 4.98 Å². The van der Waals surface area contributed by atoms with E-state index < -0.39 is 0 Å². The molecule has 8 heavy (non-hydrogen) atoms. The van der Waals surface area contributed by atoms with Crippen LogP contribution in [0.15, 0.2) is 22.9 Å². The summed E-state index contributed by atoms with van der Waals surface area (Å²) in [6.45, 7) is 0. The minimum Gasteiger partial charge on any atom is -0.263 e. The first-order valence-electron chi connectivity index (χ1n) is 3.33. The van der Waals surface area contributed by atoms with Gasteiger partial charge in [-0.05, 0) is 22.0 Å². The number of pyridine rings is 1. The first-order valence-corrected chi connectivity index (χ1v) is 3.00. The molecule has 0 bridgehead atoms. The topological polar surface area (TPSA) is 12.9 Å². The molecule has 0 saturated heterocycles. The molecule has 0 aliphatic rings. The van der Waals surface area contributed by atoms with Crippen LogP contribution >= 0.6 is 27.5 Å². The summed E-state index contributed by atoms with van der Waals surface area (Å²) in [5, 5.41) is 0.0648. The van der Waals surface area contributed by atoms with Gasteiger partial charge in [0.25, 0.3) is 0 Å². The number of nitrogens with zero attached hydrogens (tertiary/aromatic N) is 1. The van der Waals surface area contributed by atoms with E-state index in [9.17, 15) is 0 Å². The van der Waals surface area contributed by atoms with Crippen LogP contribution in [0.2, 0.25) is 5.02 Å². The fourth-order valence-electron chi connectivity index (χ4n) is 0.258. The zero-order valence-corrected chi connectivity index (χ0v) is 6.05. The highest BCUT2D eigenvalue weighted by Gasteiger charge is 1.89. The molecule has 1 nitrogen and oxygen atoms in total. The van der Waals surface area contributed by atoms with Crippen molar-refractivity contribution in [2.45, 2.75) is 0 Å². The van der Waals surface area contributed by atoms with E-state index in [1.807, 2.05) is 0 Å². The third-order valence-electron chi connectivity index (χ3n) is 0.568. The van der Waals surface area contributed by atoms with E-state index in [0.717, 1.165) is 0 Å². The number of aromatic nitrogens is 1. The molecule has 0 amide bonds. The summed E-state index contributed by atoms with van der Waals surface area (Å²) >= 11 is 8.55. The molecule has 0 N–H and O–H groups in total. The molecular formula is C5H3BrClN. The Morgan fingerprint density at radius 1 is 1.88 bits per heavy atom. The Morgan fingerprint density at radius 2 is 2.62 bits per heavy atom. The van der Waals surface area contributed by atoms with Crippen molar-refractivity contribution < 1.29 is 4.11 Å². The average molecular weight is 195 g/mol. The molecule has 1 aromatic heterocycles. The number of halogens is 2. The minimum atomic E-state index is -0.275. The van der Waals surface area contributed by atoms with Gasteiger partial charge in [-0.1, -0.05) is 11.6 Å². The standard InChI is InChI=1S/C5H3BrClN/c6-4-3-8-2-1-5(4)7/h1-3H/i1D,2D,3D. The Balaban J connectivity index is 3.46. The van der Waals surface area contributed by atoms with Gasteiger partial charge in [0.1, 0.15) is 0 Å². The second-order valence-corrected chi connectivity index (χ2v) is 2.26. The summed E-state index contributed by atoms with van der Waals surface area (Å²) in [5.74, 6) is 0. The number of rotatable bonds is 0. The number of hydrogen-bond donors (Lipinski definition) is 0. The second kappa shape index (κ2) is 2.46. The molecule has 1 heterocycles. The molecule has 0 saturated carbocycles. The first-order chi connectivity index (χ1) is 5.04. The summed E-state index contributed by atoms with van der Waals surface area (Å²) in [6.07, 6.45) is -0.390. The van der Waals surface area contributed by atoms with Gasteiger partial charge in [-0.25, -0.2) is 0 Å². The highest BCUT2D eigenvalue weighted by atomic mass is 79.9. The monoisotopic (exact) mass is 194 g/mol. The van der Waals surface area contributed by atoms with Crippen molar-refractivity contribution in [3.63, 3.8) is 0 Å². The Bertz CT molecular complexity index is 278. The molecule has 0 fully saturated rings. The van der Waals surface area contributed by atoms with Gasteiger partial charge in [0, 0.05) is 12.3 Å². The molecular weight excluding hydrogens is 189 g/mol. The Hall–Kier alpha value is -0.0800. The lowest BCUT2D eigenvalue weighted by Crippen LogP contribution is -1.69. The Kier molecular flexibility index (Phi) is 0.980. The maximum absolute atomic E-state index is 7.19. The van der Waals surface area contributed by atoms with Gasteiger partial charge in [-0.3, -0.25) is 4.98 Å². The fraction of sp³-hybridized carbons (Fsp3) is 0. The van der Waals surface area contributed by atoms with Crippen molar-refractivity contribution >= 4 is 27.5 Å². The van der Waals surface area contributed by atoms with Crippen LogP contribution in [0.4, 0.5) is 0 Å². The van der Waals surface area contributed by atoms with Crippen LogP contribution in [0.25, 0.3) is 0 Å². The van der Waals surface area contributed by atoms with Crippen molar-refractivity contribution in [3.8, 4) is 0 Å². The second-order valence-electron chi connectivity index (χ2n) is 1.09. The maximum Gasteiger partial charge on any atom is 0.0853 e. The fourth-order valence-corrected chi connectivity index (χ4v) is 0.530. The van der Waals surface area contributed by atoms with E-state index in [2.05, 4.69) is 20.9 Å². The lowest BCUT2D eigenvalue weighted by molar-refractivity contribution is 1.31. The van der Waals surface area contributed by atoms with Crippen molar-refractivity contribution in [1.82, 2.24) is 4.98 Å². The van der Waals surface area contributed by atoms with Crippen LogP contribution in [0.3, 0.4) is 0 Å². The SMILES string of the molecule is [2H]c1nc([2H])c(Br)c(Cl)c1[2H]. The van der Waals surface area contributed by atoms with Crippen LogP contribution < -0.4 is 0 Å². The van der Waals surface area contributed by atoms with Crippen molar-refractivity contribution in [2.75, 3.05) is 0 Å². The maximum atomic E-state index is 7.19. The van der Waals surface area contributed by atoms with E-state index in [0.29, 0.717) is 0 Å². The first kappa shape index (κ1) is 3.18. The van der Waals surface area contributed by atoms with Gasteiger partial charge in [0.2, 0.25) is 0 Å². The van der Waals surface area contributed by atoms with E-state index in [4.69, 9.17) is 15.7 Å². The van der Waals surface area contributed by atoms with Gasteiger partial charge in [0.15, 0.2) is 0 Å². The largest absolute Gasteiger partial charge is 0.263 e. The summed E-state index contributed by atoms with van der Waals surface area (Å²) in [4.78, 5) is 3.45. The van der Waals surface area contributed by atoms with Crippen LogP contribution in [0.5, 0.6) is 0 Å². The summed E-state index contributed by atoms with van der Waals surface area (Å²) in [5.41, 5.74) is 0. The highest BCUT2D eigenvalue weighted by molar-refractivity contribution is 9.10. The lowest BCUT2D eigenvalue weighted by Gasteiger charge is -1.88. The molecule has 0 atom stereocenters. The molecule has 0 unspecified atom stereocenters. The van der Waals surface area contributed by atoms with E-state index in [1.54, 1.807) is 0 Å². The highest BCUT2D eigenvalue weighted by Crippen LogP contribution is 2.18. The average Bonchev–Trinajstić information content (AvgIpc) is 1.97. The van der Waals surface area contributed by atoms with Crippen LogP contribution in [0, 0.1) is 0 Å². The summed E-state index contributed by atoms with van der Waals surface area (Å²) in [7, 11) is 0. The molecule has 0 radical (unpaired) electrons. The van der Waals surface area contributed by atoms with E-state index >= 15 is 0 Å². The van der Waals surface area contributed by atoms with E-state index in [1.165, 1.54) is 0 Å². The van der Waals surface area contributed by atoms with Crippen molar-refractivity contribution in [3.05, 3.63) is 27.9 Å². The molecule has 1 rings (SSSR count). The zero-order valence-electron chi connectivity index (χ0n) is 6.70. The summed E-state index contributed by atoms with van der Waals surface area (Å²) < 4.78 is 21.7. The lowest BCUT2D eigenvalue weighted by atomic mass is 10.5. The van der Waals surface area contributed by atoms with Gasteiger partial charge in [-0.2, -0.15) is 0 Å². The molecule has 3 heteroatoms. The quantitative estimate of drug-likeness (QED) is 0.620. The van der Waals surface area contributed by atoms with Gasteiger partial charge in [0.05, 0.1) is 13.6 Å². The van der Waals surface area contributed by atoms with E-state index in [-0.39, 0.29) is 27.9 Å². The van der Waals surface area contributed by atoms with Gasteiger partial charge < -0.3 is 0 Å². The molecule has 0 aliphatic carbocycles. The smallest absolute Gasteiger partial charge is 0.0853 e. The van der Waals surface area contributed by atoms with Crippen LogP contribution in [0.1, 0.15) is 4.11 Å². The molecule has 0 spiro atoms. The molecule has 0 aliphatic heterocycles. The third kappa shape index (κ3) is 1.20. The van der Waals surface area contributed by atoms with Gasteiger partial charge >= 0.3 is 0 Å². The molecule has 1 aromatic rings. The predicted octanol–water partition coefficient (Wildman–Crippen LogP) is 2.50. The van der Waals surface area contributed by atoms with Gasteiger partial charge in [-0.15, -0.1) is 0 Å². The minimum absolute atomic E-state index is 0.0648. The van der Waals surface area contributed by atoms with Crippen molar-refractivity contribution in [2.24, 2.45) is 0 Å². The van der Waals surface area contributed by atoms with Crippen molar-refractivity contribution in [1.29, 1.82) is 0 Å². The molecule has 0 aromatic carbocycles. The van der Waals surface area contributed by atoms with Crippen LogP contribution in [-0.2, 0) is 0 Å². The Labute approximate surface area is 65.0 Å². The normalized spacial score (nSPS) is 14.5. The summed E-state index contributed by atoms with van der Waals surface area (Å²) in [6, 6.07) is -0.158. The third-order valence-corrected chi connectivity index (χ3v) is 1.65.